The van der Waals surface area contributed by atoms with Gasteiger partial charge in [-0.05, 0) is 52.7 Å². The van der Waals surface area contributed by atoms with E-state index in [2.05, 4.69) is 17.2 Å². The molecular formula is C27H44N2O6S. The Hall–Kier alpha value is -2.68. The highest BCUT2D eigenvalue weighted by Crippen LogP contribution is 2.16. The van der Waals surface area contributed by atoms with Gasteiger partial charge in [0.05, 0.1) is 11.4 Å². The van der Waals surface area contributed by atoms with E-state index >= 15 is 0 Å². The van der Waals surface area contributed by atoms with Gasteiger partial charge in [-0.25, -0.2) is 0 Å². The Kier molecular flexibility index (Phi) is 19.2. The van der Waals surface area contributed by atoms with Crippen molar-refractivity contribution in [2.24, 2.45) is 0 Å². The lowest BCUT2D eigenvalue weighted by molar-refractivity contribution is -0.136. The second kappa shape index (κ2) is 19.5. The zero-order chi connectivity index (χ0) is 28.4. The zero-order valence-corrected chi connectivity index (χ0v) is 24.6. The summed E-state index contributed by atoms with van der Waals surface area (Å²) >= 11 is 1.64. The Balaban J connectivity index is 0. The summed E-state index contributed by atoms with van der Waals surface area (Å²) in [5, 5.41) is 15.9. The summed E-state index contributed by atoms with van der Waals surface area (Å²) in [7, 11) is 0. The van der Waals surface area contributed by atoms with Gasteiger partial charge in [-0.3, -0.25) is 14.4 Å². The number of carboxylic acids is 1. The lowest BCUT2D eigenvalue weighted by Gasteiger charge is -2.00. The first kappa shape index (κ1) is 35.5. The minimum Gasteiger partial charge on any atom is -0.481 e. The van der Waals surface area contributed by atoms with Crippen LogP contribution in [-0.2, 0) is 27.2 Å². The van der Waals surface area contributed by atoms with Crippen LogP contribution in [0.3, 0.4) is 0 Å². The molecule has 2 aromatic rings. The van der Waals surface area contributed by atoms with Crippen molar-refractivity contribution < 1.29 is 28.5 Å². The molecule has 0 saturated carbocycles. The normalized spacial score (nSPS) is 10.5. The average Bonchev–Trinajstić information content (AvgIpc) is 3.37. The number of aromatic nitrogens is 2. The van der Waals surface area contributed by atoms with Crippen molar-refractivity contribution in [3.05, 3.63) is 44.5 Å². The summed E-state index contributed by atoms with van der Waals surface area (Å²) in [5.41, 5.74) is 4.69. The lowest BCUT2D eigenvalue weighted by Crippen LogP contribution is -1.99. The van der Waals surface area contributed by atoms with Crippen molar-refractivity contribution in [3.8, 4) is 0 Å². The van der Waals surface area contributed by atoms with Crippen LogP contribution < -0.4 is 0 Å². The van der Waals surface area contributed by atoms with Gasteiger partial charge in [-0.1, -0.05) is 38.0 Å². The number of carbonyl (C=O) groups is 3. The average molecular weight is 525 g/mol. The standard InChI is InChI=1S/C8H14OS.C7H9NO3.C7H11NO.C5H10O/c1-5-8(9)6(2)7(3)10-4;1-4-5(2)8-11-6(4)3-7(9)10;1-4-7-5(2)6(3)8-9-7;1-3-5(6)4-2/h5H2,1-4H3;3H2,1-2H3,(H,9,10);4H2,1-3H3;3-4H2,1-2H3/b7-6-;;;. The number of thioether (sulfide) groups is 1. The van der Waals surface area contributed by atoms with E-state index in [1.54, 1.807) is 25.6 Å². The van der Waals surface area contributed by atoms with E-state index < -0.39 is 5.97 Å². The Morgan fingerprint density at radius 3 is 1.47 bits per heavy atom. The number of carboxylic acid groups (broad SMARTS) is 1. The second-order valence-corrected chi connectivity index (χ2v) is 8.98. The van der Waals surface area contributed by atoms with Crippen LogP contribution in [0, 0.1) is 27.7 Å². The van der Waals surface area contributed by atoms with Crippen molar-refractivity contribution in [2.45, 2.75) is 101 Å². The highest BCUT2D eigenvalue weighted by atomic mass is 32.2. The number of carbonyl (C=O) groups excluding carboxylic acids is 2. The molecule has 0 aliphatic carbocycles. The van der Waals surface area contributed by atoms with E-state index in [-0.39, 0.29) is 12.2 Å². The van der Waals surface area contributed by atoms with Crippen LogP contribution in [0.2, 0.25) is 0 Å². The number of allylic oxidation sites excluding steroid dienone is 2. The largest absolute Gasteiger partial charge is 0.481 e. The lowest BCUT2D eigenvalue weighted by atomic mass is 10.1. The van der Waals surface area contributed by atoms with Gasteiger partial charge in [0.25, 0.3) is 0 Å². The SMILES string of the molecule is CCC(=O)/C(C)=C(/C)SC.CCC(=O)CC.CCc1onc(C)c1C.Cc1noc(CC(=O)O)c1C. The first-order valence-corrected chi connectivity index (χ1v) is 13.3. The minimum atomic E-state index is -0.899. The highest BCUT2D eigenvalue weighted by Gasteiger charge is 2.11. The van der Waals surface area contributed by atoms with E-state index in [9.17, 15) is 14.4 Å². The second-order valence-electron chi connectivity index (χ2n) is 7.96. The summed E-state index contributed by atoms with van der Waals surface area (Å²) < 4.78 is 9.77. The first-order valence-electron chi connectivity index (χ1n) is 12.1. The molecule has 0 aliphatic rings. The number of hydrogen-bond donors (Lipinski definition) is 1. The van der Waals surface area contributed by atoms with Gasteiger partial charge >= 0.3 is 5.97 Å². The molecule has 0 bridgehead atoms. The molecule has 0 unspecified atom stereocenters. The number of aliphatic carboxylic acids is 1. The van der Waals surface area contributed by atoms with E-state index in [0.717, 1.165) is 39.6 Å². The van der Waals surface area contributed by atoms with Gasteiger partial charge in [-0.2, -0.15) is 0 Å². The van der Waals surface area contributed by atoms with Gasteiger partial charge in [-0.15, -0.1) is 11.8 Å². The molecule has 2 aromatic heterocycles. The molecular weight excluding hydrogens is 480 g/mol. The van der Waals surface area contributed by atoms with Crippen LogP contribution in [-0.4, -0.2) is 39.2 Å². The molecule has 0 amide bonds. The Bertz CT molecular complexity index is 983. The number of hydrogen-bond acceptors (Lipinski definition) is 8. The Morgan fingerprint density at radius 1 is 0.806 bits per heavy atom. The molecule has 0 aliphatic heterocycles. The summed E-state index contributed by atoms with van der Waals surface area (Å²) in [4.78, 5) is 32.6. The van der Waals surface area contributed by atoms with Crippen LogP contribution in [0.4, 0.5) is 0 Å². The molecule has 2 rings (SSSR count). The topological polar surface area (TPSA) is 124 Å². The summed E-state index contributed by atoms with van der Waals surface area (Å²) in [6, 6.07) is 0. The molecule has 0 saturated heterocycles. The summed E-state index contributed by atoms with van der Waals surface area (Å²) in [5.74, 6) is 1.15. The molecule has 2 heterocycles. The maximum absolute atomic E-state index is 11.0. The predicted octanol–water partition coefficient (Wildman–Crippen LogP) is 6.77. The Labute approximate surface area is 220 Å². The van der Waals surface area contributed by atoms with E-state index in [0.29, 0.717) is 30.8 Å². The third-order valence-corrected chi connectivity index (χ3v) is 6.42. The molecule has 9 heteroatoms. The van der Waals surface area contributed by atoms with Crippen molar-refractivity contribution in [3.63, 3.8) is 0 Å². The van der Waals surface area contributed by atoms with E-state index in [1.807, 2.05) is 54.7 Å². The van der Waals surface area contributed by atoms with E-state index in [1.165, 1.54) is 5.56 Å². The smallest absolute Gasteiger partial charge is 0.311 e. The van der Waals surface area contributed by atoms with Gasteiger partial charge in [0.1, 0.15) is 18.0 Å². The fourth-order valence-electron chi connectivity index (χ4n) is 2.42. The molecule has 0 aromatic carbocycles. The maximum Gasteiger partial charge on any atom is 0.311 e. The van der Waals surface area contributed by atoms with Crippen molar-refractivity contribution in [1.82, 2.24) is 10.3 Å². The molecule has 204 valence electrons. The van der Waals surface area contributed by atoms with Crippen LogP contribution >= 0.6 is 11.8 Å². The number of rotatable bonds is 8. The van der Waals surface area contributed by atoms with Crippen LogP contribution in [0.15, 0.2) is 19.5 Å². The van der Waals surface area contributed by atoms with Gasteiger partial charge in [0.2, 0.25) is 0 Å². The fourth-order valence-corrected chi connectivity index (χ4v) is 2.84. The summed E-state index contributed by atoms with van der Waals surface area (Å²) in [6.07, 6.45) is 4.83. The van der Waals surface area contributed by atoms with Gasteiger partial charge in [0, 0.05) is 42.4 Å². The maximum atomic E-state index is 11.0. The molecule has 0 fully saturated rings. The van der Waals surface area contributed by atoms with Crippen molar-refractivity contribution in [2.75, 3.05) is 6.26 Å². The van der Waals surface area contributed by atoms with Crippen molar-refractivity contribution >= 4 is 29.3 Å². The molecule has 1 N–H and O–H groups in total. The molecule has 0 radical (unpaired) electrons. The third-order valence-electron chi connectivity index (χ3n) is 5.50. The number of aryl methyl sites for hydroxylation is 3. The number of nitrogens with zero attached hydrogens (tertiary/aromatic N) is 2. The number of ketones is 2. The summed E-state index contributed by atoms with van der Waals surface area (Å²) in [6.45, 7) is 19.1. The number of Topliss-reactive ketones (excluding diaryl/α,β-unsaturated/α-hetero) is 2. The van der Waals surface area contributed by atoms with Crippen LogP contribution in [0.1, 0.15) is 94.8 Å². The first-order chi connectivity index (χ1) is 16.8. The zero-order valence-electron chi connectivity index (χ0n) is 23.8. The fraction of sp³-hybridized carbons (Fsp3) is 0.593. The van der Waals surface area contributed by atoms with Crippen LogP contribution in [0.25, 0.3) is 0 Å². The van der Waals surface area contributed by atoms with Crippen LogP contribution in [0.5, 0.6) is 0 Å². The Morgan fingerprint density at radius 2 is 1.25 bits per heavy atom. The van der Waals surface area contributed by atoms with Gasteiger partial charge < -0.3 is 14.2 Å². The molecule has 36 heavy (non-hydrogen) atoms. The minimum absolute atomic E-state index is 0.0906. The highest BCUT2D eigenvalue weighted by molar-refractivity contribution is 8.02. The third kappa shape index (κ3) is 14.0. The van der Waals surface area contributed by atoms with Crippen molar-refractivity contribution in [1.29, 1.82) is 0 Å². The predicted molar refractivity (Wildman–Crippen MR) is 145 cm³/mol. The molecule has 0 spiro atoms. The monoisotopic (exact) mass is 524 g/mol. The molecule has 8 nitrogen and oxygen atoms in total. The quantitative estimate of drug-likeness (QED) is 0.372. The van der Waals surface area contributed by atoms with Gasteiger partial charge in [0.15, 0.2) is 11.5 Å². The van der Waals surface area contributed by atoms with E-state index in [4.69, 9.17) is 14.2 Å². The molecule has 0 atom stereocenters.